The predicted molar refractivity (Wildman–Crippen MR) is 176 cm³/mol. The number of rotatable bonds is 7. The van der Waals surface area contributed by atoms with Crippen molar-refractivity contribution in [1.29, 1.82) is 0 Å². The lowest BCUT2D eigenvalue weighted by Crippen LogP contribution is -2.12. The van der Waals surface area contributed by atoms with Gasteiger partial charge in [0.05, 0.1) is 29.1 Å². The van der Waals surface area contributed by atoms with Crippen LogP contribution < -0.4 is 0 Å². The Hall–Kier alpha value is -6.48. The molecule has 9 heteroatoms. The van der Waals surface area contributed by atoms with Crippen LogP contribution >= 0.6 is 0 Å². The number of benzene rings is 4. The number of fused-ring (bicyclic) bond motifs is 1. The number of ether oxygens (including phenoxy) is 1. The molecule has 3 heterocycles. The van der Waals surface area contributed by atoms with E-state index in [2.05, 4.69) is 9.98 Å². The number of esters is 1. The van der Waals surface area contributed by atoms with Crippen LogP contribution in [0, 0.1) is 0 Å². The maximum absolute atomic E-state index is 12.9. The minimum Gasteiger partial charge on any atom is -0.494 e. The van der Waals surface area contributed by atoms with E-state index in [4.69, 9.17) is 9.15 Å². The van der Waals surface area contributed by atoms with E-state index in [1.807, 2.05) is 66.7 Å². The molecule has 0 atom stereocenters. The van der Waals surface area contributed by atoms with Gasteiger partial charge in [0.2, 0.25) is 5.88 Å². The molecule has 7 rings (SSSR count). The summed E-state index contributed by atoms with van der Waals surface area (Å²) in [5.74, 6) is -1.76. The zero-order valence-electron chi connectivity index (χ0n) is 25.1. The molecule has 0 spiro atoms. The molecule has 3 N–H and O–H groups in total. The number of hydrogen-bond donors (Lipinski definition) is 3. The number of carbonyl (C=O) groups is 3. The third-order valence-corrected chi connectivity index (χ3v) is 7.42. The third kappa shape index (κ3) is 5.97. The van der Waals surface area contributed by atoms with Gasteiger partial charge in [-0.25, -0.2) is 9.79 Å². The van der Waals surface area contributed by atoms with Gasteiger partial charge in [-0.15, -0.1) is 0 Å². The number of furan rings is 1. The van der Waals surface area contributed by atoms with Crippen LogP contribution in [0.1, 0.15) is 54.7 Å². The largest absolute Gasteiger partial charge is 0.494 e. The van der Waals surface area contributed by atoms with Gasteiger partial charge in [0.15, 0.2) is 11.5 Å². The molecular formula is C38H28N2O7. The SMILES string of the molecule is CCOC(=O)c1c(-c2ccccc2)[nH]c(O)c1C(=O)c1ccccc1.O=C1N=C(c2ccccc2)c2c(O)oc(-c3ccccc3)c21. The van der Waals surface area contributed by atoms with Crippen LogP contribution in [0.15, 0.2) is 131 Å². The summed E-state index contributed by atoms with van der Waals surface area (Å²) in [5, 5.41) is 20.5. The number of ketones is 1. The van der Waals surface area contributed by atoms with Crippen molar-refractivity contribution < 1.29 is 33.8 Å². The molecule has 1 amide bonds. The number of amides is 1. The van der Waals surface area contributed by atoms with E-state index in [-0.39, 0.29) is 29.6 Å². The lowest BCUT2D eigenvalue weighted by Gasteiger charge is -2.07. The van der Waals surface area contributed by atoms with Crippen molar-refractivity contribution in [3.05, 3.63) is 155 Å². The van der Waals surface area contributed by atoms with Gasteiger partial charge >= 0.3 is 5.97 Å². The van der Waals surface area contributed by atoms with Crippen molar-refractivity contribution in [1.82, 2.24) is 4.98 Å². The van der Waals surface area contributed by atoms with E-state index >= 15 is 0 Å². The first-order chi connectivity index (χ1) is 22.9. The fraction of sp³-hybridized carbons (Fsp3) is 0.0526. The fourth-order valence-electron chi connectivity index (χ4n) is 5.32. The smallest absolute Gasteiger partial charge is 0.341 e. The summed E-state index contributed by atoms with van der Waals surface area (Å²) in [7, 11) is 0. The minimum atomic E-state index is -0.655. The number of aromatic nitrogens is 1. The Morgan fingerprint density at radius 1 is 0.723 bits per heavy atom. The molecule has 9 nitrogen and oxygen atoms in total. The molecule has 6 aromatic rings. The number of aliphatic imine (C=N–C) groups is 1. The van der Waals surface area contributed by atoms with Crippen LogP contribution in [0.5, 0.6) is 11.8 Å². The Morgan fingerprint density at radius 2 is 1.26 bits per heavy atom. The van der Waals surface area contributed by atoms with E-state index in [0.717, 1.165) is 11.1 Å². The molecule has 0 saturated heterocycles. The molecule has 0 radical (unpaired) electrons. The van der Waals surface area contributed by atoms with Gasteiger partial charge in [0, 0.05) is 16.7 Å². The summed E-state index contributed by atoms with van der Waals surface area (Å²) in [5.41, 5.74) is 4.01. The highest BCUT2D eigenvalue weighted by Gasteiger charge is 2.35. The minimum absolute atomic E-state index is 0.0411. The maximum Gasteiger partial charge on any atom is 0.341 e. The fourth-order valence-corrected chi connectivity index (χ4v) is 5.32. The number of aromatic amines is 1. The molecule has 0 unspecified atom stereocenters. The van der Waals surface area contributed by atoms with E-state index in [9.17, 15) is 24.6 Å². The normalized spacial score (nSPS) is 11.7. The quantitative estimate of drug-likeness (QED) is 0.124. The first kappa shape index (κ1) is 30.5. The molecule has 232 valence electrons. The topological polar surface area (TPSA) is 142 Å². The number of H-pyrrole nitrogens is 1. The predicted octanol–water partition coefficient (Wildman–Crippen LogP) is 7.44. The molecule has 0 fully saturated rings. The monoisotopic (exact) mass is 624 g/mol. The number of carbonyl (C=O) groups excluding carboxylic acids is 3. The molecule has 0 saturated carbocycles. The Morgan fingerprint density at radius 3 is 1.83 bits per heavy atom. The summed E-state index contributed by atoms with van der Waals surface area (Å²) in [6.45, 7) is 1.85. The summed E-state index contributed by atoms with van der Waals surface area (Å²) < 4.78 is 10.6. The highest BCUT2D eigenvalue weighted by Crippen LogP contribution is 2.40. The third-order valence-electron chi connectivity index (χ3n) is 7.42. The first-order valence-corrected chi connectivity index (χ1v) is 14.8. The second kappa shape index (κ2) is 13.3. The zero-order chi connectivity index (χ0) is 32.9. The van der Waals surface area contributed by atoms with Crippen molar-refractivity contribution in [2.24, 2.45) is 4.99 Å². The van der Waals surface area contributed by atoms with Crippen LogP contribution in [0.2, 0.25) is 0 Å². The highest BCUT2D eigenvalue weighted by molar-refractivity contribution is 6.30. The van der Waals surface area contributed by atoms with Crippen molar-refractivity contribution in [2.45, 2.75) is 6.92 Å². The Bertz CT molecular complexity index is 2100. The van der Waals surface area contributed by atoms with Gasteiger partial charge in [-0.3, -0.25) is 9.59 Å². The maximum atomic E-state index is 12.9. The number of aromatic hydroxyl groups is 2. The van der Waals surface area contributed by atoms with Gasteiger partial charge in [-0.2, -0.15) is 0 Å². The lowest BCUT2D eigenvalue weighted by molar-refractivity contribution is 0.0524. The van der Waals surface area contributed by atoms with Crippen LogP contribution in [0.25, 0.3) is 22.6 Å². The highest BCUT2D eigenvalue weighted by atomic mass is 16.5. The van der Waals surface area contributed by atoms with E-state index in [1.54, 1.807) is 61.5 Å². The van der Waals surface area contributed by atoms with Crippen LogP contribution in [0.3, 0.4) is 0 Å². The van der Waals surface area contributed by atoms with Gasteiger partial charge in [-0.1, -0.05) is 121 Å². The van der Waals surface area contributed by atoms with Crippen LogP contribution in [-0.2, 0) is 4.74 Å². The Balaban J connectivity index is 0.000000165. The molecule has 47 heavy (non-hydrogen) atoms. The molecule has 2 aromatic heterocycles. The summed E-state index contributed by atoms with van der Waals surface area (Å²) in [4.78, 5) is 44.5. The molecule has 4 aromatic carbocycles. The first-order valence-electron chi connectivity index (χ1n) is 14.8. The van der Waals surface area contributed by atoms with Gasteiger partial charge in [0.25, 0.3) is 11.9 Å². The van der Waals surface area contributed by atoms with Gasteiger partial charge < -0.3 is 24.4 Å². The molecule has 1 aliphatic rings. The Labute approximate surface area is 269 Å². The number of hydrogen-bond acceptors (Lipinski definition) is 7. The van der Waals surface area contributed by atoms with Crippen molar-refractivity contribution in [3.63, 3.8) is 0 Å². The summed E-state index contributed by atoms with van der Waals surface area (Å²) in [6.07, 6.45) is 0. The van der Waals surface area contributed by atoms with E-state index < -0.39 is 17.7 Å². The summed E-state index contributed by atoms with van der Waals surface area (Å²) in [6, 6.07) is 36.0. The molecule has 1 aliphatic heterocycles. The second-order valence-electron chi connectivity index (χ2n) is 10.4. The van der Waals surface area contributed by atoms with Crippen LogP contribution in [0.4, 0.5) is 0 Å². The van der Waals surface area contributed by atoms with E-state index in [1.165, 1.54) is 0 Å². The number of nitrogens with one attached hydrogen (secondary N) is 1. The zero-order valence-corrected chi connectivity index (χ0v) is 25.1. The molecular weight excluding hydrogens is 596 g/mol. The summed E-state index contributed by atoms with van der Waals surface area (Å²) >= 11 is 0. The second-order valence-corrected chi connectivity index (χ2v) is 10.4. The average molecular weight is 625 g/mol. The van der Waals surface area contributed by atoms with Gasteiger partial charge in [0.1, 0.15) is 11.1 Å². The lowest BCUT2D eigenvalue weighted by atomic mass is 9.98. The van der Waals surface area contributed by atoms with Crippen molar-refractivity contribution >= 4 is 23.4 Å². The van der Waals surface area contributed by atoms with Crippen molar-refractivity contribution in [2.75, 3.05) is 6.61 Å². The average Bonchev–Trinajstić information content (AvgIpc) is 3.77. The number of nitrogens with zero attached hydrogens (tertiary/aromatic N) is 1. The van der Waals surface area contributed by atoms with E-state index in [0.29, 0.717) is 39.4 Å². The van der Waals surface area contributed by atoms with Crippen molar-refractivity contribution in [3.8, 4) is 34.4 Å². The Kier molecular flexibility index (Phi) is 8.61. The van der Waals surface area contributed by atoms with Gasteiger partial charge in [-0.05, 0) is 12.5 Å². The molecule has 0 bridgehead atoms. The standard InChI is InChI=1S/C20H17NO4.C18H11NO3/c1-2-25-20(24)15-16(18(22)14-11-7-4-8-12-14)19(23)21-17(15)13-9-5-3-6-10-13;20-17-14-13(15(19-17)11-7-3-1-4-8-11)18(21)22-16(14)12-9-5-2-6-10-12/h3-12,21,23H,2H2,1H3;1-10,21H. The van der Waals surface area contributed by atoms with Crippen LogP contribution in [-0.4, -0.2) is 45.2 Å². The molecule has 0 aliphatic carbocycles.